The summed E-state index contributed by atoms with van der Waals surface area (Å²) in [6.07, 6.45) is 1.45. The number of benzene rings is 2. The van der Waals surface area contributed by atoms with Crippen LogP contribution < -0.4 is 0 Å². The van der Waals surface area contributed by atoms with Crippen LogP contribution in [0.5, 0.6) is 0 Å². The molecule has 0 aliphatic rings. The summed E-state index contributed by atoms with van der Waals surface area (Å²) in [5.41, 5.74) is 3.09. The zero-order valence-electron chi connectivity index (χ0n) is 9.71. The summed E-state index contributed by atoms with van der Waals surface area (Å²) < 4.78 is 25.9. The monoisotopic (exact) mass is 232 g/mol. The molecule has 17 heavy (non-hydrogen) atoms. The van der Waals surface area contributed by atoms with Gasteiger partial charge in [-0.15, -0.1) is 0 Å². The van der Waals surface area contributed by atoms with Gasteiger partial charge in [0.25, 0.3) is 0 Å². The van der Waals surface area contributed by atoms with Crippen molar-refractivity contribution in [2.75, 3.05) is 0 Å². The van der Waals surface area contributed by atoms with E-state index in [0.717, 1.165) is 12.5 Å². The first kappa shape index (κ1) is 11.8. The largest absolute Gasteiger partial charge is 0.207 e. The number of hydrogen-bond donors (Lipinski definition) is 0. The van der Waals surface area contributed by atoms with E-state index in [1.807, 2.05) is 31.2 Å². The minimum atomic E-state index is -0.510. The van der Waals surface area contributed by atoms with Crippen LogP contribution in [0.15, 0.2) is 42.5 Å². The Morgan fingerprint density at radius 2 is 1.29 bits per heavy atom. The van der Waals surface area contributed by atoms with Crippen molar-refractivity contribution in [2.24, 2.45) is 0 Å². The van der Waals surface area contributed by atoms with Crippen LogP contribution in [0.2, 0.25) is 0 Å². The van der Waals surface area contributed by atoms with E-state index in [1.165, 1.54) is 23.3 Å². The topological polar surface area (TPSA) is 0 Å². The molecular formula is C15H14F2. The normalized spacial score (nSPS) is 10.5. The number of aryl methyl sites for hydroxylation is 3. The molecule has 88 valence electrons. The van der Waals surface area contributed by atoms with Crippen LogP contribution in [0, 0.1) is 18.6 Å². The van der Waals surface area contributed by atoms with Crippen LogP contribution >= 0.6 is 0 Å². The molecule has 0 fully saturated rings. The minimum Gasteiger partial charge on any atom is -0.207 e. The molecular weight excluding hydrogens is 218 g/mol. The van der Waals surface area contributed by atoms with Crippen LogP contribution in [0.4, 0.5) is 8.78 Å². The Hall–Kier alpha value is -1.70. The Morgan fingerprint density at radius 3 is 1.88 bits per heavy atom. The molecule has 0 unspecified atom stereocenters. The highest BCUT2D eigenvalue weighted by atomic mass is 19.1. The van der Waals surface area contributed by atoms with Gasteiger partial charge in [-0.2, -0.15) is 0 Å². The van der Waals surface area contributed by atoms with Gasteiger partial charge >= 0.3 is 0 Å². The standard InChI is InChI=1S/C15H14F2/c1-11-2-4-12(5-3-11)6-7-13-8-14(16)10-15(17)9-13/h2-5,8-10H,6-7H2,1H3. The fraction of sp³-hybridized carbons (Fsp3) is 0.200. The average molecular weight is 232 g/mol. The van der Waals surface area contributed by atoms with E-state index >= 15 is 0 Å². The van der Waals surface area contributed by atoms with Crippen LogP contribution in [0.3, 0.4) is 0 Å². The van der Waals surface area contributed by atoms with E-state index in [0.29, 0.717) is 12.0 Å². The molecule has 0 spiro atoms. The van der Waals surface area contributed by atoms with Crippen molar-refractivity contribution in [3.8, 4) is 0 Å². The van der Waals surface area contributed by atoms with Crippen molar-refractivity contribution in [3.05, 3.63) is 70.8 Å². The van der Waals surface area contributed by atoms with Gasteiger partial charge in [-0.25, -0.2) is 8.78 Å². The summed E-state index contributed by atoms with van der Waals surface area (Å²) in [5.74, 6) is -1.02. The van der Waals surface area contributed by atoms with Crippen LogP contribution in [-0.2, 0) is 12.8 Å². The minimum absolute atomic E-state index is 0.510. The highest BCUT2D eigenvalue weighted by Crippen LogP contribution is 2.12. The summed E-state index contributed by atoms with van der Waals surface area (Å²) in [7, 11) is 0. The van der Waals surface area contributed by atoms with Gasteiger partial charge in [0, 0.05) is 6.07 Å². The molecule has 2 aromatic rings. The van der Waals surface area contributed by atoms with Crippen molar-refractivity contribution >= 4 is 0 Å². The lowest BCUT2D eigenvalue weighted by Crippen LogP contribution is -1.93. The van der Waals surface area contributed by atoms with Crippen molar-refractivity contribution in [2.45, 2.75) is 19.8 Å². The van der Waals surface area contributed by atoms with Crippen molar-refractivity contribution in [1.82, 2.24) is 0 Å². The van der Waals surface area contributed by atoms with Crippen LogP contribution in [0.1, 0.15) is 16.7 Å². The lowest BCUT2D eigenvalue weighted by Gasteiger charge is -2.03. The molecule has 2 rings (SSSR count). The first-order chi connectivity index (χ1) is 8.13. The molecule has 2 heteroatoms. The Morgan fingerprint density at radius 1 is 0.765 bits per heavy atom. The Bertz CT molecular complexity index is 481. The maximum absolute atomic E-state index is 13.0. The van der Waals surface area contributed by atoms with Gasteiger partial charge in [-0.3, -0.25) is 0 Å². The molecule has 0 amide bonds. The lowest BCUT2D eigenvalue weighted by molar-refractivity contribution is 0.579. The number of halogens is 2. The van der Waals surface area contributed by atoms with E-state index in [1.54, 1.807) is 0 Å². The molecule has 0 radical (unpaired) electrons. The Balaban J connectivity index is 2.04. The predicted octanol–water partition coefficient (Wildman–Crippen LogP) is 4.06. The predicted molar refractivity (Wildman–Crippen MR) is 64.9 cm³/mol. The summed E-state index contributed by atoms with van der Waals surface area (Å²) in [5, 5.41) is 0. The summed E-state index contributed by atoms with van der Waals surface area (Å²) in [4.78, 5) is 0. The second kappa shape index (κ2) is 5.09. The smallest absolute Gasteiger partial charge is 0.126 e. The SMILES string of the molecule is Cc1ccc(CCc2cc(F)cc(F)c2)cc1. The average Bonchev–Trinajstić information content (AvgIpc) is 2.27. The summed E-state index contributed by atoms with van der Waals surface area (Å²) >= 11 is 0. The maximum atomic E-state index is 13.0. The number of rotatable bonds is 3. The van der Waals surface area contributed by atoms with Gasteiger partial charge in [0.05, 0.1) is 0 Å². The third-order valence-electron chi connectivity index (χ3n) is 2.75. The molecule has 0 atom stereocenters. The van der Waals surface area contributed by atoms with E-state index in [2.05, 4.69) is 0 Å². The highest BCUT2D eigenvalue weighted by Gasteiger charge is 2.01. The number of hydrogen-bond acceptors (Lipinski definition) is 0. The molecule has 0 aliphatic heterocycles. The van der Waals surface area contributed by atoms with Gasteiger partial charge in [0.15, 0.2) is 0 Å². The molecule has 0 nitrogen and oxygen atoms in total. The Kier molecular flexibility index (Phi) is 3.52. The lowest BCUT2D eigenvalue weighted by atomic mass is 10.0. The highest BCUT2D eigenvalue weighted by molar-refractivity contribution is 5.24. The van der Waals surface area contributed by atoms with Crippen molar-refractivity contribution < 1.29 is 8.78 Å². The molecule has 0 aliphatic carbocycles. The molecule has 0 heterocycles. The zero-order chi connectivity index (χ0) is 12.3. The van der Waals surface area contributed by atoms with E-state index in [9.17, 15) is 8.78 Å². The first-order valence-electron chi connectivity index (χ1n) is 5.64. The molecule has 0 saturated heterocycles. The fourth-order valence-electron chi connectivity index (χ4n) is 1.80. The summed E-state index contributed by atoms with van der Waals surface area (Å²) in [6.45, 7) is 2.03. The van der Waals surface area contributed by atoms with Gasteiger partial charge in [0.2, 0.25) is 0 Å². The van der Waals surface area contributed by atoms with Gasteiger partial charge in [-0.1, -0.05) is 29.8 Å². The van der Waals surface area contributed by atoms with Crippen LogP contribution in [0.25, 0.3) is 0 Å². The molecule has 0 bridgehead atoms. The van der Waals surface area contributed by atoms with Gasteiger partial charge in [0.1, 0.15) is 11.6 Å². The van der Waals surface area contributed by atoms with Gasteiger partial charge in [-0.05, 0) is 43.0 Å². The third-order valence-corrected chi connectivity index (χ3v) is 2.75. The van der Waals surface area contributed by atoms with E-state index < -0.39 is 11.6 Å². The maximum Gasteiger partial charge on any atom is 0.126 e. The second-order valence-electron chi connectivity index (χ2n) is 4.26. The van der Waals surface area contributed by atoms with E-state index in [-0.39, 0.29) is 0 Å². The van der Waals surface area contributed by atoms with Crippen molar-refractivity contribution in [3.63, 3.8) is 0 Å². The summed E-state index contributed by atoms with van der Waals surface area (Å²) in [6, 6.07) is 11.9. The van der Waals surface area contributed by atoms with Crippen LogP contribution in [-0.4, -0.2) is 0 Å². The third kappa shape index (κ3) is 3.38. The Labute approximate surface area is 99.9 Å². The van der Waals surface area contributed by atoms with Gasteiger partial charge < -0.3 is 0 Å². The molecule has 0 saturated carbocycles. The quantitative estimate of drug-likeness (QED) is 0.748. The second-order valence-corrected chi connectivity index (χ2v) is 4.26. The fourth-order valence-corrected chi connectivity index (χ4v) is 1.80. The molecule has 0 aromatic heterocycles. The zero-order valence-corrected chi connectivity index (χ0v) is 9.71. The van der Waals surface area contributed by atoms with Crippen molar-refractivity contribution in [1.29, 1.82) is 0 Å². The first-order valence-corrected chi connectivity index (χ1v) is 5.64. The van der Waals surface area contributed by atoms with E-state index in [4.69, 9.17) is 0 Å². The molecule has 2 aromatic carbocycles. The molecule has 0 N–H and O–H groups in total.